The van der Waals surface area contributed by atoms with E-state index in [4.69, 9.17) is 4.74 Å². The lowest BCUT2D eigenvalue weighted by Crippen LogP contribution is -2.04. The Hall–Kier alpha value is -2.39. The summed E-state index contributed by atoms with van der Waals surface area (Å²) in [5, 5.41) is 1.67. The maximum absolute atomic E-state index is 11.9. The van der Waals surface area contributed by atoms with Crippen LogP contribution in [0, 0.1) is 0 Å². The van der Waals surface area contributed by atoms with Crippen LogP contribution in [0.25, 0.3) is 21.9 Å². The number of pyridine rings is 1. The van der Waals surface area contributed by atoms with Gasteiger partial charge in [-0.2, -0.15) is 0 Å². The van der Waals surface area contributed by atoms with Crippen molar-refractivity contribution in [3.63, 3.8) is 0 Å². The lowest BCUT2D eigenvalue weighted by Gasteiger charge is -2.12. The molecule has 0 amide bonds. The summed E-state index contributed by atoms with van der Waals surface area (Å²) in [6, 6.07) is 16.2. The fraction of sp³-hybridized carbons (Fsp3) is 0.211. The molecule has 0 fully saturated rings. The van der Waals surface area contributed by atoms with E-state index in [1.807, 2.05) is 38.1 Å². The van der Waals surface area contributed by atoms with Gasteiger partial charge in [0, 0.05) is 18.2 Å². The Balaban J connectivity index is 1.97. The molecule has 0 unspecified atom stereocenters. The highest BCUT2D eigenvalue weighted by atomic mass is 16.5. The number of ether oxygens (including phenoxy) is 1. The number of benzene rings is 2. The van der Waals surface area contributed by atoms with Crippen LogP contribution >= 0.6 is 0 Å². The Morgan fingerprint density at radius 1 is 1.05 bits per heavy atom. The van der Waals surface area contributed by atoms with Crippen molar-refractivity contribution < 1.29 is 4.74 Å². The maximum Gasteiger partial charge on any atom is 0.255 e. The molecule has 3 aromatic rings. The molecule has 1 N–H and O–H groups in total. The van der Waals surface area contributed by atoms with Crippen molar-refractivity contribution in [2.45, 2.75) is 20.0 Å². The molecule has 0 bridgehead atoms. The smallest absolute Gasteiger partial charge is 0.255 e. The zero-order valence-electron chi connectivity index (χ0n) is 12.8. The standard InChI is InChI=1S/C19H19NO2/c1-3-22-13(2)14-4-6-15(7-5-14)17-9-8-16-10-11-20-19(21)18(16)12-17/h4-13H,3H2,1-2H3,(H,20,21)/t13-/m1/s1. The number of hydrogen-bond acceptors (Lipinski definition) is 2. The first-order valence-corrected chi connectivity index (χ1v) is 7.52. The van der Waals surface area contributed by atoms with Crippen molar-refractivity contribution in [2.75, 3.05) is 6.61 Å². The van der Waals surface area contributed by atoms with Crippen LogP contribution in [0.3, 0.4) is 0 Å². The van der Waals surface area contributed by atoms with E-state index in [1.165, 1.54) is 0 Å². The van der Waals surface area contributed by atoms with Gasteiger partial charge in [-0.3, -0.25) is 4.79 Å². The highest BCUT2D eigenvalue weighted by molar-refractivity contribution is 5.86. The molecule has 0 aliphatic rings. The molecule has 3 heteroatoms. The van der Waals surface area contributed by atoms with Crippen molar-refractivity contribution in [3.8, 4) is 11.1 Å². The average molecular weight is 293 g/mol. The molecular weight excluding hydrogens is 274 g/mol. The number of hydrogen-bond donors (Lipinski definition) is 1. The predicted molar refractivity (Wildman–Crippen MR) is 90.0 cm³/mol. The molecule has 1 atom stereocenters. The van der Waals surface area contributed by atoms with E-state index in [9.17, 15) is 4.79 Å². The number of aromatic nitrogens is 1. The molecule has 3 rings (SSSR count). The fourth-order valence-corrected chi connectivity index (χ4v) is 2.66. The van der Waals surface area contributed by atoms with Gasteiger partial charge < -0.3 is 9.72 Å². The summed E-state index contributed by atoms with van der Waals surface area (Å²) < 4.78 is 5.60. The van der Waals surface area contributed by atoms with Crippen LogP contribution in [0.5, 0.6) is 0 Å². The highest BCUT2D eigenvalue weighted by Crippen LogP contribution is 2.25. The van der Waals surface area contributed by atoms with Gasteiger partial charge in [-0.1, -0.05) is 36.4 Å². The van der Waals surface area contributed by atoms with Crippen LogP contribution in [0.2, 0.25) is 0 Å². The second-order valence-corrected chi connectivity index (χ2v) is 5.33. The second-order valence-electron chi connectivity index (χ2n) is 5.33. The Kier molecular flexibility index (Phi) is 4.07. The summed E-state index contributed by atoms with van der Waals surface area (Å²) in [5.74, 6) is 0. The summed E-state index contributed by atoms with van der Waals surface area (Å²) in [5.41, 5.74) is 3.24. The summed E-state index contributed by atoms with van der Waals surface area (Å²) in [6.07, 6.45) is 1.77. The van der Waals surface area contributed by atoms with Gasteiger partial charge in [0.2, 0.25) is 0 Å². The Morgan fingerprint density at radius 3 is 2.50 bits per heavy atom. The highest BCUT2D eigenvalue weighted by Gasteiger charge is 2.06. The number of nitrogens with one attached hydrogen (secondary N) is 1. The van der Waals surface area contributed by atoms with Gasteiger partial charge in [0.25, 0.3) is 5.56 Å². The van der Waals surface area contributed by atoms with Gasteiger partial charge in [0.15, 0.2) is 0 Å². The minimum atomic E-state index is -0.0547. The number of fused-ring (bicyclic) bond motifs is 1. The van der Waals surface area contributed by atoms with Gasteiger partial charge >= 0.3 is 0 Å². The first-order valence-electron chi connectivity index (χ1n) is 7.52. The van der Waals surface area contributed by atoms with Gasteiger partial charge in [-0.05, 0) is 48.1 Å². The lowest BCUT2D eigenvalue weighted by molar-refractivity contribution is 0.0764. The molecule has 2 aromatic carbocycles. The maximum atomic E-state index is 11.9. The largest absolute Gasteiger partial charge is 0.374 e. The minimum Gasteiger partial charge on any atom is -0.374 e. The summed E-state index contributed by atoms with van der Waals surface area (Å²) in [6.45, 7) is 4.75. The van der Waals surface area contributed by atoms with Crippen molar-refractivity contribution in [1.82, 2.24) is 4.98 Å². The van der Waals surface area contributed by atoms with Gasteiger partial charge in [0.1, 0.15) is 0 Å². The van der Waals surface area contributed by atoms with Crippen LogP contribution in [0.15, 0.2) is 59.5 Å². The Labute approximate surface area is 129 Å². The van der Waals surface area contributed by atoms with E-state index < -0.39 is 0 Å². The molecule has 1 aromatic heterocycles. The molecule has 22 heavy (non-hydrogen) atoms. The zero-order chi connectivity index (χ0) is 15.5. The molecule has 0 saturated carbocycles. The third-order valence-corrected chi connectivity index (χ3v) is 3.91. The Morgan fingerprint density at radius 2 is 1.77 bits per heavy atom. The van der Waals surface area contributed by atoms with E-state index in [1.54, 1.807) is 6.20 Å². The van der Waals surface area contributed by atoms with E-state index in [-0.39, 0.29) is 11.7 Å². The van der Waals surface area contributed by atoms with Crippen molar-refractivity contribution in [3.05, 3.63) is 70.6 Å². The molecule has 0 saturated heterocycles. The van der Waals surface area contributed by atoms with E-state index in [0.29, 0.717) is 12.0 Å². The van der Waals surface area contributed by atoms with Crippen molar-refractivity contribution >= 4 is 10.8 Å². The fourth-order valence-electron chi connectivity index (χ4n) is 2.66. The van der Waals surface area contributed by atoms with Crippen LogP contribution < -0.4 is 5.56 Å². The zero-order valence-corrected chi connectivity index (χ0v) is 12.8. The van der Waals surface area contributed by atoms with Crippen LogP contribution in [-0.4, -0.2) is 11.6 Å². The minimum absolute atomic E-state index is 0.0547. The summed E-state index contributed by atoms with van der Waals surface area (Å²) >= 11 is 0. The van der Waals surface area contributed by atoms with Gasteiger partial charge in [-0.15, -0.1) is 0 Å². The molecule has 0 aliphatic carbocycles. The van der Waals surface area contributed by atoms with Gasteiger partial charge in [0.05, 0.1) is 6.10 Å². The topological polar surface area (TPSA) is 42.1 Å². The van der Waals surface area contributed by atoms with E-state index >= 15 is 0 Å². The molecule has 0 aliphatic heterocycles. The number of rotatable bonds is 4. The third kappa shape index (κ3) is 2.81. The summed E-state index contributed by atoms with van der Waals surface area (Å²) in [4.78, 5) is 14.6. The van der Waals surface area contributed by atoms with Gasteiger partial charge in [-0.25, -0.2) is 0 Å². The van der Waals surface area contributed by atoms with Crippen molar-refractivity contribution in [2.24, 2.45) is 0 Å². The SMILES string of the molecule is CCO[C@H](C)c1ccc(-c2ccc3cc[nH]c(=O)c3c2)cc1. The summed E-state index contributed by atoms with van der Waals surface area (Å²) in [7, 11) is 0. The van der Waals surface area contributed by atoms with Crippen LogP contribution in [0.1, 0.15) is 25.5 Å². The third-order valence-electron chi connectivity index (χ3n) is 3.91. The van der Waals surface area contributed by atoms with Crippen LogP contribution in [-0.2, 0) is 4.74 Å². The monoisotopic (exact) mass is 293 g/mol. The molecule has 0 spiro atoms. The van der Waals surface area contributed by atoms with E-state index in [0.717, 1.165) is 22.1 Å². The molecule has 0 radical (unpaired) electrons. The quantitative estimate of drug-likeness (QED) is 0.779. The molecule has 112 valence electrons. The first-order chi connectivity index (χ1) is 10.7. The number of aromatic amines is 1. The van der Waals surface area contributed by atoms with E-state index in [2.05, 4.69) is 29.2 Å². The first kappa shape index (κ1) is 14.5. The average Bonchev–Trinajstić information content (AvgIpc) is 2.55. The van der Waals surface area contributed by atoms with Crippen LogP contribution in [0.4, 0.5) is 0 Å². The predicted octanol–water partition coefficient (Wildman–Crippen LogP) is 4.29. The Bertz CT molecular complexity index is 834. The second kappa shape index (κ2) is 6.16. The lowest BCUT2D eigenvalue weighted by atomic mass is 10.00. The molecule has 1 heterocycles. The normalized spacial score (nSPS) is 12.5. The molecular formula is C19H19NO2. The molecule has 3 nitrogen and oxygen atoms in total. The van der Waals surface area contributed by atoms with Crippen molar-refractivity contribution in [1.29, 1.82) is 0 Å². The number of H-pyrrole nitrogens is 1.